The zero-order valence-electron chi connectivity index (χ0n) is 16.5. The fourth-order valence-corrected chi connectivity index (χ4v) is 4.54. The van der Waals surface area contributed by atoms with Crippen molar-refractivity contribution in [3.8, 4) is 0 Å². The maximum Gasteiger partial charge on any atom is 0.324 e. The molecule has 1 spiro atoms. The first kappa shape index (κ1) is 19.2. The Labute approximate surface area is 170 Å². The first-order valence-electron chi connectivity index (χ1n) is 10.0. The molecule has 4 rings (SSSR count). The van der Waals surface area contributed by atoms with E-state index in [0.29, 0.717) is 24.9 Å². The highest BCUT2D eigenvalue weighted by Gasteiger charge is 2.56. The monoisotopic (exact) mass is 391 g/mol. The van der Waals surface area contributed by atoms with E-state index in [1.54, 1.807) is 0 Å². The molecule has 1 aliphatic carbocycles. The van der Waals surface area contributed by atoms with E-state index in [-0.39, 0.29) is 23.8 Å². The van der Waals surface area contributed by atoms with Crippen LogP contribution in [0.3, 0.4) is 0 Å². The molecular weight excluding hydrogens is 366 g/mol. The number of rotatable bonds is 5. The molecule has 2 aromatic rings. The van der Waals surface area contributed by atoms with Gasteiger partial charge in [-0.25, -0.2) is 4.79 Å². The van der Waals surface area contributed by atoms with Crippen LogP contribution in [0.25, 0.3) is 0 Å². The van der Waals surface area contributed by atoms with Crippen LogP contribution in [-0.4, -0.2) is 41.9 Å². The van der Waals surface area contributed by atoms with Crippen molar-refractivity contribution in [3.63, 3.8) is 0 Å². The van der Waals surface area contributed by atoms with Gasteiger partial charge in [0.1, 0.15) is 5.54 Å². The molecule has 1 heterocycles. The van der Waals surface area contributed by atoms with Gasteiger partial charge in [-0.2, -0.15) is 0 Å². The molecule has 2 aromatic carbocycles. The Morgan fingerprint density at radius 1 is 1.14 bits per heavy atom. The number of imide groups is 1. The Morgan fingerprint density at radius 3 is 2.59 bits per heavy atom. The van der Waals surface area contributed by atoms with Crippen molar-refractivity contribution in [1.82, 2.24) is 15.5 Å². The number of benzene rings is 2. The Balaban J connectivity index is 1.47. The standard InChI is InChI=1S/C23H25N3O3/c1-26-21(28)23(25-22(26)29)13-7-11-18(23)15-24-20(27)19-12-6-5-10-17(19)14-16-8-3-2-4-9-16/h2-6,8-10,12,18H,7,11,13-15H2,1H3,(H,24,27)(H,25,29). The summed E-state index contributed by atoms with van der Waals surface area (Å²) in [7, 11) is 1.50. The molecule has 2 aliphatic rings. The van der Waals surface area contributed by atoms with Crippen LogP contribution in [0.15, 0.2) is 54.6 Å². The minimum Gasteiger partial charge on any atom is -0.352 e. The van der Waals surface area contributed by atoms with Crippen molar-refractivity contribution in [1.29, 1.82) is 0 Å². The molecular formula is C23H25N3O3. The SMILES string of the molecule is CN1C(=O)NC2(CCCC2CNC(=O)c2ccccc2Cc2ccccc2)C1=O. The van der Waals surface area contributed by atoms with Crippen LogP contribution in [0.4, 0.5) is 4.79 Å². The van der Waals surface area contributed by atoms with Gasteiger partial charge in [-0.15, -0.1) is 0 Å². The molecule has 2 atom stereocenters. The number of urea groups is 1. The fourth-order valence-electron chi connectivity index (χ4n) is 4.54. The Morgan fingerprint density at radius 2 is 1.86 bits per heavy atom. The number of nitrogens with zero attached hydrogens (tertiary/aromatic N) is 1. The topological polar surface area (TPSA) is 78.5 Å². The fraction of sp³-hybridized carbons (Fsp3) is 0.348. The third kappa shape index (κ3) is 3.50. The van der Waals surface area contributed by atoms with E-state index in [0.717, 1.165) is 28.9 Å². The van der Waals surface area contributed by atoms with Crippen molar-refractivity contribution < 1.29 is 14.4 Å². The number of likely N-dealkylation sites (N-methyl/N-ethyl adjacent to an activating group) is 1. The number of carbonyl (C=O) groups is 3. The lowest BCUT2D eigenvalue weighted by Crippen LogP contribution is -2.53. The average Bonchev–Trinajstić information content (AvgIpc) is 3.24. The van der Waals surface area contributed by atoms with E-state index in [2.05, 4.69) is 10.6 Å². The van der Waals surface area contributed by atoms with Gasteiger partial charge < -0.3 is 10.6 Å². The molecule has 0 aromatic heterocycles. The Bertz CT molecular complexity index is 943. The van der Waals surface area contributed by atoms with Crippen LogP contribution in [0.1, 0.15) is 40.7 Å². The van der Waals surface area contributed by atoms with Gasteiger partial charge >= 0.3 is 6.03 Å². The highest BCUT2D eigenvalue weighted by Crippen LogP contribution is 2.39. The van der Waals surface area contributed by atoms with Crippen LogP contribution < -0.4 is 10.6 Å². The summed E-state index contributed by atoms with van der Waals surface area (Å²) < 4.78 is 0. The van der Waals surface area contributed by atoms with Gasteiger partial charge in [-0.05, 0) is 36.5 Å². The van der Waals surface area contributed by atoms with E-state index >= 15 is 0 Å². The molecule has 150 valence electrons. The molecule has 4 amide bonds. The number of nitrogens with one attached hydrogen (secondary N) is 2. The van der Waals surface area contributed by atoms with Crippen LogP contribution in [0.2, 0.25) is 0 Å². The van der Waals surface area contributed by atoms with Crippen LogP contribution in [-0.2, 0) is 11.2 Å². The van der Waals surface area contributed by atoms with Gasteiger partial charge in [-0.1, -0.05) is 55.0 Å². The Hall–Kier alpha value is -3.15. The smallest absolute Gasteiger partial charge is 0.324 e. The molecule has 2 unspecified atom stereocenters. The van der Waals surface area contributed by atoms with Crippen molar-refractivity contribution in [2.45, 2.75) is 31.2 Å². The molecule has 1 saturated carbocycles. The normalized spacial score (nSPS) is 23.5. The van der Waals surface area contributed by atoms with Crippen molar-refractivity contribution in [2.24, 2.45) is 5.92 Å². The van der Waals surface area contributed by atoms with Crippen molar-refractivity contribution in [2.75, 3.05) is 13.6 Å². The van der Waals surface area contributed by atoms with Crippen molar-refractivity contribution >= 4 is 17.8 Å². The number of carbonyl (C=O) groups excluding carboxylic acids is 3. The Kier molecular flexibility index (Phi) is 5.09. The summed E-state index contributed by atoms with van der Waals surface area (Å²) >= 11 is 0. The molecule has 1 aliphatic heterocycles. The number of hydrogen-bond acceptors (Lipinski definition) is 3. The van der Waals surface area contributed by atoms with E-state index in [1.807, 2.05) is 54.6 Å². The second kappa shape index (κ2) is 7.70. The summed E-state index contributed by atoms with van der Waals surface area (Å²) in [5, 5.41) is 5.88. The lowest BCUT2D eigenvalue weighted by Gasteiger charge is -2.28. The van der Waals surface area contributed by atoms with Gasteiger partial charge in [0.25, 0.3) is 11.8 Å². The van der Waals surface area contributed by atoms with Gasteiger partial charge in [0.2, 0.25) is 0 Å². The zero-order chi connectivity index (χ0) is 20.4. The number of hydrogen-bond donors (Lipinski definition) is 2. The molecule has 6 nitrogen and oxygen atoms in total. The number of amides is 4. The van der Waals surface area contributed by atoms with Gasteiger partial charge in [0, 0.05) is 25.1 Å². The molecule has 2 N–H and O–H groups in total. The maximum absolute atomic E-state index is 12.9. The summed E-state index contributed by atoms with van der Waals surface area (Å²) in [6.45, 7) is 0.359. The molecule has 29 heavy (non-hydrogen) atoms. The lowest BCUT2D eigenvalue weighted by molar-refractivity contribution is -0.131. The molecule has 2 fully saturated rings. The summed E-state index contributed by atoms with van der Waals surface area (Å²) in [5.74, 6) is -0.443. The van der Waals surface area contributed by atoms with E-state index in [4.69, 9.17) is 0 Å². The second-order valence-electron chi connectivity index (χ2n) is 7.88. The van der Waals surface area contributed by atoms with Gasteiger partial charge in [-0.3, -0.25) is 14.5 Å². The largest absolute Gasteiger partial charge is 0.352 e. The van der Waals surface area contributed by atoms with E-state index in [9.17, 15) is 14.4 Å². The molecule has 0 radical (unpaired) electrons. The summed E-state index contributed by atoms with van der Waals surface area (Å²) in [5.41, 5.74) is 1.87. The highest BCUT2D eigenvalue weighted by atomic mass is 16.2. The first-order valence-corrected chi connectivity index (χ1v) is 10.0. The molecule has 1 saturated heterocycles. The van der Waals surface area contributed by atoms with Crippen LogP contribution in [0.5, 0.6) is 0 Å². The molecule has 0 bridgehead atoms. The van der Waals surface area contributed by atoms with Crippen LogP contribution >= 0.6 is 0 Å². The van der Waals surface area contributed by atoms with Crippen molar-refractivity contribution in [3.05, 3.63) is 71.3 Å². The van der Waals surface area contributed by atoms with Crippen LogP contribution in [0, 0.1) is 5.92 Å². The summed E-state index contributed by atoms with van der Waals surface area (Å²) in [6, 6.07) is 17.3. The van der Waals surface area contributed by atoms with E-state index < -0.39 is 5.54 Å². The minimum absolute atomic E-state index is 0.103. The first-order chi connectivity index (χ1) is 14.0. The van der Waals surface area contributed by atoms with Gasteiger partial charge in [0.05, 0.1) is 0 Å². The highest BCUT2D eigenvalue weighted by molar-refractivity contribution is 6.07. The predicted octanol–water partition coefficient (Wildman–Crippen LogP) is 2.73. The molecule has 6 heteroatoms. The summed E-state index contributed by atoms with van der Waals surface area (Å²) in [6.07, 6.45) is 2.95. The lowest BCUT2D eigenvalue weighted by atomic mass is 9.86. The third-order valence-corrected chi connectivity index (χ3v) is 6.15. The maximum atomic E-state index is 12.9. The predicted molar refractivity (Wildman–Crippen MR) is 109 cm³/mol. The second-order valence-corrected chi connectivity index (χ2v) is 7.88. The summed E-state index contributed by atoms with van der Waals surface area (Å²) in [4.78, 5) is 38.7. The van der Waals surface area contributed by atoms with Gasteiger partial charge in [0.15, 0.2) is 0 Å². The average molecular weight is 391 g/mol. The third-order valence-electron chi connectivity index (χ3n) is 6.15. The minimum atomic E-state index is -0.872. The quantitative estimate of drug-likeness (QED) is 0.770. The van der Waals surface area contributed by atoms with E-state index in [1.165, 1.54) is 7.05 Å². The zero-order valence-corrected chi connectivity index (χ0v) is 16.5.